The minimum atomic E-state index is 0.421. The smallest absolute Gasteiger partial charge is 0.243 e. The van der Waals surface area contributed by atoms with Gasteiger partial charge in [0.25, 0.3) is 0 Å². The maximum absolute atomic E-state index is 4.76. The number of nitrogens with zero attached hydrogens (tertiary/aromatic N) is 4. The second-order valence-corrected chi connectivity index (χ2v) is 9.84. The van der Waals surface area contributed by atoms with Crippen LogP contribution in [0.25, 0.3) is 22.9 Å². The molecule has 0 saturated heterocycles. The molecule has 5 heteroatoms. The number of rotatable bonds is 7. The lowest BCUT2D eigenvalue weighted by atomic mass is 9.92. The molecule has 0 fully saturated rings. The highest BCUT2D eigenvalue weighted by atomic mass is 15.1. The van der Waals surface area contributed by atoms with Crippen LogP contribution in [-0.2, 0) is 13.5 Å². The molecule has 3 heterocycles. The van der Waals surface area contributed by atoms with Crippen LogP contribution in [0.1, 0.15) is 61.9 Å². The Balaban J connectivity index is 1.47. The summed E-state index contributed by atoms with van der Waals surface area (Å²) in [7, 11) is 1.98. The van der Waals surface area contributed by atoms with Crippen molar-refractivity contribution in [1.82, 2.24) is 19.1 Å². The number of hydrogen-bond acceptors (Lipinski definition) is 1. The van der Waals surface area contributed by atoms with Gasteiger partial charge in [0.2, 0.25) is 6.33 Å². The average Bonchev–Trinajstić information content (AvgIpc) is 3.59. The molecule has 1 N–H and O–H groups in total. The maximum atomic E-state index is 4.76. The van der Waals surface area contributed by atoms with Crippen molar-refractivity contribution in [1.29, 1.82) is 0 Å². The summed E-state index contributed by atoms with van der Waals surface area (Å²) in [4.78, 5) is 8.40. The van der Waals surface area contributed by atoms with E-state index in [2.05, 4.69) is 104 Å². The van der Waals surface area contributed by atoms with E-state index in [1.807, 2.05) is 34.8 Å². The molecule has 5 nitrogen and oxygen atoms in total. The van der Waals surface area contributed by atoms with E-state index in [1.54, 1.807) is 0 Å². The molecule has 0 radical (unpaired) electrons. The number of aryl methyl sites for hydroxylation is 1. The van der Waals surface area contributed by atoms with Crippen molar-refractivity contribution in [2.75, 3.05) is 0 Å². The zero-order valence-electron chi connectivity index (χ0n) is 21.2. The summed E-state index contributed by atoms with van der Waals surface area (Å²) in [5.74, 6) is 1.78. The van der Waals surface area contributed by atoms with Gasteiger partial charge in [0.05, 0.1) is 24.1 Å². The fourth-order valence-corrected chi connectivity index (χ4v) is 4.73. The molecule has 0 unspecified atom stereocenters. The SMILES string of the molecule is CC(C)c1cccc(C(C)C)c1-n1ccnc1-c1ccc(Cc2cccc(-[n+]3[c-]n(C)cc3)c2)[nH]1. The Morgan fingerprint density at radius 3 is 2.37 bits per heavy atom. The number of aromatic amines is 1. The number of para-hydroxylation sites is 1. The van der Waals surface area contributed by atoms with Crippen LogP contribution in [0.3, 0.4) is 0 Å². The summed E-state index contributed by atoms with van der Waals surface area (Å²) >= 11 is 0. The van der Waals surface area contributed by atoms with E-state index < -0.39 is 0 Å². The molecule has 0 aliphatic carbocycles. The number of imidazole rings is 2. The predicted octanol–water partition coefficient (Wildman–Crippen LogP) is 6.12. The number of aromatic nitrogens is 5. The summed E-state index contributed by atoms with van der Waals surface area (Å²) in [6.45, 7) is 9.02. The van der Waals surface area contributed by atoms with Gasteiger partial charge in [0.1, 0.15) is 0 Å². The molecule has 2 aromatic carbocycles. The fraction of sp³-hybridized carbons (Fsp3) is 0.267. The first-order valence-corrected chi connectivity index (χ1v) is 12.3. The molecule has 35 heavy (non-hydrogen) atoms. The Bertz CT molecular complexity index is 1420. The first kappa shape index (κ1) is 22.9. The van der Waals surface area contributed by atoms with Crippen molar-refractivity contribution in [3.05, 3.63) is 108 Å². The largest absolute Gasteiger partial charge is 0.356 e. The van der Waals surface area contributed by atoms with Gasteiger partial charge in [-0.15, -0.1) is 0 Å². The molecular formula is C30H33N5. The first-order valence-electron chi connectivity index (χ1n) is 12.3. The third-order valence-electron chi connectivity index (χ3n) is 6.50. The highest BCUT2D eigenvalue weighted by molar-refractivity contribution is 5.60. The third-order valence-corrected chi connectivity index (χ3v) is 6.50. The molecule has 0 saturated carbocycles. The molecular weight excluding hydrogens is 430 g/mol. The molecule has 0 aliphatic rings. The molecule has 0 spiro atoms. The first-order chi connectivity index (χ1) is 16.9. The molecule has 0 atom stereocenters. The summed E-state index contributed by atoms with van der Waals surface area (Å²) in [6.07, 6.45) is 12.1. The lowest BCUT2D eigenvalue weighted by Crippen LogP contribution is -2.28. The van der Waals surface area contributed by atoms with Gasteiger partial charge in [-0.3, -0.25) is 4.57 Å². The van der Waals surface area contributed by atoms with Crippen LogP contribution in [-0.4, -0.2) is 19.1 Å². The van der Waals surface area contributed by atoms with Gasteiger partial charge < -0.3 is 14.1 Å². The molecule has 0 amide bonds. The van der Waals surface area contributed by atoms with E-state index in [1.165, 1.54) is 22.4 Å². The molecule has 5 aromatic rings. The van der Waals surface area contributed by atoms with Crippen molar-refractivity contribution in [3.63, 3.8) is 0 Å². The Kier molecular flexibility index (Phi) is 6.16. The van der Waals surface area contributed by atoms with E-state index in [4.69, 9.17) is 4.98 Å². The Morgan fingerprint density at radius 2 is 1.69 bits per heavy atom. The molecule has 0 bridgehead atoms. The summed E-state index contributed by atoms with van der Waals surface area (Å²) in [6, 6.07) is 19.6. The predicted molar refractivity (Wildman–Crippen MR) is 140 cm³/mol. The standard InChI is InChI=1S/C30H33N5/c1-21(2)26-10-7-11-27(22(3)4)29(26)35-15-14-31-30(35)28-13-12-24(32-28)18-23-8-6-9-25(19-23)34-17-16-33(5)20-34/h6-17,19,21-22,32H,18H2,1-5H3. The fourth-order valence-electron chi connectivity index (χ4n) is 4.73. The second-order valence-electron chi connectivity index (χ2n) is 9.84. The summed E-state index contributed by atoms with van der Waals surface area (Å²) in [5, 5.41) is 0. The van der Waals surface area contributed by atoms with Gasteiger partial charge in [-0.1, -0.05) is 70.2 Å². The monoisotopic (exact) mass is 463 g/mol. The summed E-state index contributed by atoms with van der Waals surface area (Å²) in [5.41, 5.74) is 8.48. The van der Waals surface area contributed by atoms with Gasteiger partial charge >= 0.3 is 0 Å². The quantitative estimate of drug-likeness (QED) is 0.229. The van der Waals surface area contributed by atoms with E-state index in [-0.39, 0.29) is 0 Å². The number of benzene rings is 2. The second kappa shape index (κ2) is 9.41. The van der Waals surface area contributed by atoms with Crippen LogP contribution in [0.4, 0.5) is 0 Å². The van der Waals surface area contributed by atoms with E-state index >= 15 is 0 Å². The highest BCUT2D eigenvalue weighted by Crippen LogP contribution is 2.33. The Morgan fingerprint density at radius 1 is 0.943 bits per heavy atom. The maximum Gasteiger partial charge on any atom is 0.243 e. The van der Waals surface area contributed by atoms with Crippen LogP contribution in [0, 0.1) is 6.33 Å². The van der Waals surface area contributed by atoms with Crippen LogP contribution >= 0.6 is 0 Å². The van der Waals surface area contributed by atoms with Crippen molar-refractivity contribution >= 4 is 0 Å². The normalized spacial score (nSPS) is 11.6. The molecule has 5 rings (SSSR count). The lowest BCUT2D eigenvalue weighted by Gasteiger charge is -2.21. The van der Waals surface area contributed by atoms with E-state index in [9.17, 15) is 0 Å². The number of hydrogen-bond donors (Lipinski definition) is 1. The van der Waals surface area contributed by atoms with Crippen molar-refractivity contribution in [2.45, 2.75) is 46.0 Å². The minimum Gasteiger partial charge on any atom is -0.356 e. The Hall–Kier alpha value is -3.86. The summed E-state index contributed by atoms with van der Waals surface area (Å²) < 4.78 is 6.19. The number of nitrogens with one attached hydrogen (secondary N) is 1. The van der Waals surface area contributed by atoms with Crippen LogP contribution in [0.15, 0.2) is 79.4 Å². The van der Waals surface area contributed by atoms with Crippen LogP contribution < -0.4 is 4.57 Å². The van der Waals surface area contributed by atoms with Gasteiger partial charge in [0, 0.05) is 36.9 Å². The van der Waals surface area contributed by atoms with Gasteiger partial charge in [-0.2, -0.15) is 0 Å². The zero-order valence-corrected chi connectivity index (χ0v) is 21.2. The lowest BCUT2D eigenvalue weighted by molar-refractivity contribution is -0.599. The third kappa shape index (κ3) is 4.59. The van der Waals surface area contributed by atoms with Crippen molar-refractivity contribution < 1.29 is 4.57 Å². The van der Waals surface area contributed by atoms with E-state index in [0.29, 0.717) is 11.8 Å². The zero-order chi connectivity index (χ0) is 24.5. The van der Waals surface area contributed by atoms with Crippen LogP contribution in [0.5, 0.6) is 0 Å². The molecule has 0 aliphatic heterocycles. The highest BCUT2D eigenvalue weighted by Gasteiger charge is 2.19. The van der Waals surface area contributed by atoms with Crippen LogP contribution in [0.2, 0.25) is 0 Å². The van der Waals surface area contributed by atoms with Crippen molar-refractivity contribution in [2.24, 2.45) is 7.05 Å². The topological polar surface area (TPSA) is 42.4 Å². The average molecular weight is 464 g/mol. The molecule has 3 aromatic heterocycles. The Labute approximate surface area is 207 Å². The van der Waals surface area contributed by atoms with Crippen molar-refractivity contribution in [3.8, 4) is 22.9 Å². The number of H-pyrrole nitrogens is 1. The van der Waals surface area contributed by atoms with Gasteiger partial charge in [0.15, 0.2) is 5.82 Å². The van der Waals surface area contributed by atoms with Gasteiger partial charge in [-0.05, 0) is 40.7 Å². The van der Waals surface area contributed by atoms with Gasteiger partial charge in [-0.25, -0.2) is 4.98 Å². The van der Waals surface area contributed by atoms with E-state index in [0.717, 1.165) is 29.3 Å². The molecule has 178 valence electrons. The minimum absolute atomic E-state index is 0.421.